The first-order valence-corrected chi connectivity index (χ1v) is 11.4. The molecule has 2 rings (SSSR count). The van der Waals surface area contributed by atoms with Crippen LogP contribution in [0.25, 0.3) is 0 Å². The minimum absolute atomic E-state index is 0.0623. The van der Waals surface area contributed by atoms with Gasteiger partial charge in [-0.05, 0) is 42.7 Å². The van der Waals surface area contributed by atoms with Crippen molar-refractivity contribution in [1.29, 1.82) is 0 Å². The Bertz CT molecular complexity index is 883. The smallest absolute Gasteiger partial charge is 0.326 e. The summed E-state index contributed by atoms with van der Waals surface area (Å²) in [4.78, 5) is 52.3. The van der Waals surface area contributed by atoms with Crippen molar-refractivity contribution in [1.82, 2.24) is 10.6 Å². The molecular weight excluding hydrogens is 424 g/mol. The molecule has 9 heteroatoms. The Balaban J connectivity index is 2.32. The number of carbonyl (C=O) groups excluding carboxylic acids is 3. The molecule has 0 spiro atoms. The van der Waals surface area contributed by atoms with E-state index in [1.54, 1.807) is 24.3 Å². The molecule has 0 fully saturated rings. The van der Waals surface area contributed by atoms with E-state index in [0.29, 0.717) is 17.8 Å². The SMILES string of the molecule is CC(C)C[C@H](NC(=O)[C@H](CC(C)C)NC(=O)N1c2ccccc2NC(=O)[C@@H]1C(C)C)C(=O)O. The van der Waals surface area contributed by atoms with Crippen molar-refractivity contribution in [2.24, 2.45) is 17.8 Å². The molecule has 33 heavy (non-hydrogen) atoms. The summed E-state index contributed by atoms with van der Waals surface area (Å²) in [6.07, 6.45) is 0.595. The van der Waals surface area contributed by atoms with Gasteiger partial charge in [0.1, 0.15) is 18.1 Å². The number of nitrogens with zero attached hydrogens (tertiary/aromatic N) is 1. The fourth-order valence-electron chi connectivity index (χ4n) is 3.99. The lowest BCUT2D eigenvalue weighted by Crippen LogP contribution is -2.60. The fraction of sp³-hybridized carbons (Fsp3) is 0.583. The van der Waals surface area contributed by atoms with Gasteiger partial charge in [0.05, 0.1) is 11.4 Å². The number of carbonyl (C=O) groups is 4. The van der Waals surface area contributed by atoms with Gasteiger partial charge in [-0.15, -0.1) is 0 Å². The molecule has 1 aromatic carbocycles. The predicted octanol–water partition coefficient (Wildman–Crippen LogP) is 3.21. The van der Waals surface area contributed by atoms with Crippen LogP contribution in [-0.4, -0.2) is 47.0 Å². The molecule has 3 atom stereocenters. The third-order valence-electron chi connectivity index (χ3n) is 5.46. The lowest BCUT2D eigenvalue weighted by molar-refractivity contribution is -0.142. The van der Waals surface area contributed by atoms with E-state index in [2.05, 4.69) is 16.0 Å². The van der Waals surface area contributed by atoms with Gasteiger partial charge in [0.2, 0.25) is 11.8 Å². The quantitative estimate of drug-likeness (QED) is 0.450. The Morgan fingerprint density at radius 1 is 0.970 bits per heavy atom. The van der Waals surface area contributed by atoms with Gasteiger partial charge in [-0.1, -0.05) is 53.7 Å². The first-order valence-electron chi connectivity index (χ1n) is 11.4. The standard InChI is InChI=1S/C24H36N4O5/c1-13(2)11-17(21(29)26-18(23(31)32)12-14(3)4)27-24(33)28-19-10-8-7-9-16(19)25-22(30)20(28)15(5)6/h7-10,13-15,17-18,20H,11-12H2,1-6H3,(H,25,30)(H,26,29)(H,27,33)(H,31,32)/t17-,18-,20-/m0/s1. The minimum Gasteiger partial charge on any atom is -0.480 e. The van der Waals surface area contributed by atoms with Gasteiger partial charge in [-0.3, -0.25) is 14.5 Å². The Labute approximate surface area is 195 Å². The average Bonchev–Trinajstić information content (AvgIpc) is 2.70. The van der Waals surface area contributed by atoms with Crippen LogP contribution in [-0.2, 0) is 14.4 Å². The zero-order valence-electron chi connectivity index (χ0n) is 20.2. The van der Waals surface area contributed by atoms with E-state index < -0.39 is 36.0 Å². The van der Waals surface area contributed by atoms with E-state index >= 15 is 0 Å². The molecule has 182 valence electrons. The van der Waals surface area contributed by atoms with Crippen molar-refractivity contribution in [2.45, 2.75) is 72.5 Å². The third kappa shape index (κ3) is 6.69. The lowest BCUT2D eigenvalue weighted by atomic mass is 9.97. The molecule has 4 amide bonds. The van der Waals surface area contributed by atoms with E-state index in [9.17, 15) is 24.3 Å². The maximum Gasteiger partial charge on any atom is 0.326 e. The summed E-state index contributed by atoms with van der Waals surface area (Å²) in [5, 5.41) is 17.7. The molecule has 1 aliphatic heterocycles. The Morgan fingerprint density at radius 2 is 1.55 bits per heavy atom. The van der Waals surface area contributed by atoms with Gasteiger partial charge in [0, 0.05) is 0 Å². The third-order valence-corrected chi connectivity index (χ3v) is 5.46. The molecule has 0 aromatic heterocycles. The van der Waals surface area contributed by atoms with E-state index in [0.717, 1.165) is 0 Å². The first kappa shape index (κ1) is 26.2. The van der Waals surface area contributed by atoms with Crippen LogP contribution in [0, 0.1) is 17.8 Å². The summed E-state index contributed by atoms with van der Waals surface area (Å²) in [7, 11) is 0. The molecule has 0 saturated heterocycles. The number of carboxylic acid groups (broad SMARTS) is 1. The van der Waals surface area contributed by atoms with Crippen LogP contribution in [0.2, 0.25) is 0 Å². The number of carboxylic acids is 1. The van der Waals surface area contributed by atoms with Gasteiger partial charge in [-0.25, -0.2) is 9.59 Å². The molecule has 0 saturated carbocycles. The van der Waals surface area contributed by atoms with Gasteiger partial charge >= 0.3 is 12.0 Å². The Kier molecular flexibility index (Phi) is 8.84. The Morgan fingerprint density at radius 3 is 2.09 bits per heavy atom. The molecular formula is C24H36N4O5. The topological polar surface area (TPSA) is 128 Å². The largest absolute Gasteiger partial charge is 0.480 e. The number of urea groups is 1. The number of aliphatic carboxylic acids is 1. The fourth-order valence-corrected chi connectivity index (χ4v) is 3.99. The second kappa shape index (κ2) is 11.2. The summed E-state index contributed by atoms with van der Waals surface area (Å²) in [5.74, 6) is -2.02. The number of amides is 4. The average molecular weight is 461 g/mol. The van der Waals surface area contributed by atoms with E-state index in [1.165, 1.54) is 4.90 Å². The highest BCUT2D eigenvalue weighted by molar-refractivity contribution is 6.12. The van der Waals surface area contributed by atoms with Gasteiger partial charge in [0.15, 0.2) is 0 Å². The number of anilines is 2. The van der Waals surface area contributed by atoms with Crippen LogP contribution in [0.3, 0.4) is 0 Å². The maximum atomic E-state index is 13.5. The van der Waals surface area contributed by atoms with Gasteiger partial charge in [-0.2, -0.15) is 0 Å². The van der Waals surface area contributed by atoms with E-state index in [-0.39, 0.29) is 30.1 Å². The number of rotatable bonds is 9. The zero-order valence-corrected chi connectivity index (χ0v) is 20.2. The van der Waals surface area contributed by atoms with Crippen LogP contribution in [0.1, 0.15) is 54.4 Å². The van der Waals surface area contributed by atoms with E-state index in [1.807, 2.05) is 41.5 Å². The molecule has 1 aliphatic rings. The summed E-state index contributed by atoms with van der Waals surface area (Å²) >= 11 is 0. The van der Waals surface area contributed by atoms with Crippen LogP contribution >= 0.6 is 0 Å². The first-order chi connectivity index (χ1) is 15.4. The molecule has 1 heterocycles. The van der Waals surface area contributed by atoms with Gasteiger partial charge < -0.3 is 21.1 Å². The zero-order chi connectivity index (χ0) is 24.9. The summed E-state index contributed by atoms with van der Waals surface area (Å²) in [6.45, 7) is 11.3. The number of benzene rings is 1. The van der Waals surface area contributed by atoms with Crippen molar-refractivity contribution in [3.05, 3.63) is 24.3 Å². The van der Waals surface area contributed by atoms with Crippen LogP contribution in [0.4, 0.5) is 16.2 Å². The number of nitrogens with one attached hydrogen (secondary N) is 3. The second-order valence-electron chi connectivity index (χ2n) is 9.73. The molecule has 0 bridgehead atoms. The number of hydrogen-bond acceptors (Lipinski definition) is 4. The van der Waals surface area contributed by atoms with Gasteiger partial charge in [0.25, 0.3) is 0 Å². The van der Waals surface area contributed by atoms with Crippen LogP contribution in [0.15, 0.2) is 24.3 Å². The Hall–Kier alpha value is -3.10. The highest BCUT2D eigenvalue weighted by Gasteiger charge is 2.40. The molecule has 4 N–H and O–H groups in total. The number of fused-ring (bicyclic) bond motifs is 1. The van der Waals surface area contributed by atoms with Crippen molar-refractivity contribution in [2.75, 3.05) is 10.2 Å². The molecule has 0 aliphatic carbocycles. The van der Waals surface area contributed by atoms with Crippen molar-refractivity contribution in [3.8, 4) is 0 Å². The van der Waals surface area contributed by atoms with Crippen LogP contribution < -0.4 is 20.9 Å². The highest BCUT2D eigenvalue weighted by Crippen LogP contribution is 2.34. The summed E-state index contributed by atoms with van der Waals surface area (Å²) in [6, 6.07) is 3.67. The normalized spacial score (nSPS) is 17.4. The second-order valence-corrected chi connectivity index (χ2v) is 9.73. The molecule has 0 unspecified atom stereocenters. The number of hydrogen-bond donors (Lipinski definition) is 4. The summed E-state index contributed by atoms with van der Waals surface area (Å²) < 4.78 is 0. The number of para-hydroxylation sites is 2. The molecule has 1 aromatic rings. The van der Waals surface area contributed by atoms with E-state index in [4.69, 9.17) is 0 Å². The molecule has 0 radical (unpaired) electrons. The predicted molar refractivity (Wildman–Crippen MR) is 127 cm³/mol. The monoisotopic (exact) mass is 460 g/mol. The lowest BCUT2D eigenvalue weighted by Gasteiger charge is -2.39. The molecule has 9 nitrogen and oxygen atoms in total. The maximum absolute atomic E-state index is 13.5. The van der Waals surface area contributed by atoms with Crippen LogP contribution in [0.5, 0.6) is 0 Å². The minimum atomic E-state index is -1.12. The summed E-state index contributed by atoms with van der Waals surface area (Å²) in [5.41, 5.74) is 1.06. The van der Waals surface area contributed by atoms with Crippen molar-refractivity contribution >= 4 is 35.2 Å². The highest BCUT2D eigenvalue weighted by atomic mass is 16.4. The van der Waals surface area contributed by atoms with Crippen molar-refractivity contribution < 1.29 is 24.3 Å². The van der Waals surface area contributed by atoms with Crippen molar-refractivity contribution in [3.63, 3.8) is 0 Å².